The molecule has 0 saturated carbocycles. The number of nitrogens with zero attached hydrogens (tertiary/aromatic N) is 1. The van der Waals surface area contributed by atoms with Gasteiger partial charge in [0.2, 0.25) is 0 Å². The Bertz CT molecular complexity index is 549. The molecule has 0 aliphatic heterocycles. The van der Waals surface area contributed by atoms with Crippen LogP contribution in [0.25, 0.3) is 0 Å². The van der Waals surface area contributed by atoms with E-state index >= 15 is 0 Å². The summed E-state index contributed by atoms with van der Waals surface area (Å²) in [5.41, 5.74) is -1.06. The Morgan fingerprint density at radius 3 is 2.55 bits per heavy atom. The number of hydrogen-bond donors (Lipinski definition) is 1. The van der Waals surface area contributed by atoms with Gasteiger partial charge in [-0.15, -0.1) is 13.2 Å². The van der Waals surface area contributed by atoms with Crippen LogP contribution in [0.15, 0.2) is 12.1 Å². The van der Waals surface area contributed by atoms with Gasteiger partial charge in [-0.25, -0.2) is 4.79 Å². The van der Waals surface area contributed by atoms with Crippen LogP contribution in [0.5, 0.6) is 5.75 Å². The smallest absolute Gasteiger partial charge is 0.462 e. The maximum absolute atomic E-state index is 12.3. The Hall–Kier alpha value is -2.27. The van der Waals surface area contributed by atoms with Gasteiger partial charge in [0.1, 0.15) is 17.4 Å². The Kier molecular flexibility index (Phi) is 4.94. The normalized spacial score (nSPS) is 10.8. The number of carbonyl (C=O) groups is 1. The summed E-state index contributed by atoms with van der Waals surface area (Å²) in [7, 11) is 0. The van der Waals surface area contributed by atoms with Gasteiger partial charge in [0, 0.05) is 0 Å². The first-order chi connectivity index (χ1) is 9.34. The molecule has 0 aromatic heterocycles. The van der Waals surface area contributed by atoms with E-state index in [2.05, 4.69) is 9.47 Å². The predicted molar refractivity (Wildman–Crippen MR) is 59.7 cm³/mol. The molecule has 0 fully saturated rings. The van der Waals surface area contributed by atoms with E-state index in [0.717, 1.165) is 12.1 Å². The van der Waals surface area contributed by atoms with Crippen LogP contribution < -0.4 is 4.74 Å². The lowest BCUT2D eigenvalue weighted by Crippen LogP contribution is -2.20. The molecule has 0 unspecified atom stereocenters. The van der Waals surface area contributed by atoms with Gasteiger partial charge in [0.05, 0.1) is 18.8 Å². The van der Waals surface area contributed by atoms with Gasteiger partial charge in [0.15, 0.2) is 0 Å². The van der Waals surface area contributed by atoms with Crippen LogP contribution in [0.3, 0.4) is 0 Å². The van der Waals surface area contributed by atoms with Crippen molar-refractivity contribution in [3.63, 3.8) is 0 Å². The van der Waals surface area contributed by atoms with E-state index in [-0.39, 0.29) is 12.2 Å². The lowest BCUT2D eigenvalue weighted by molar-refractivity contribution is -0.274. The molecule has 0 aliphatic rings. The van der Waals surface area contributed by atoms with Crippen molar-refractivity contribution in [2.24, 2.45) is 0 Å². The quantitative estimate of drug-likeness (QED) is 0.859. The van der Waals surface area contributed by atoms with Crippen molar-refractivity contribution in [2.75, 3.05) is 6.61 Å². The first-order valence-corrected chi connectivity index (χ1v) is 5.43. The fourth-order valence-electron chi connectivity index (χ4n) is 1.50. The summed E-state index contributed by atoms with van der Waals surface area (Å²) in [5, 5.41) is 18.0. The Balaban J connectivity index is 3.45. The number of ether oxygens (including phenoxy) is 2. The predicted octanol–water partition coefficient (Wildman–Crippen LogP) is 2.13. The molecule has 8 heteroatoms. The van der Waals surface area contributed by atoms with Crippen molar-refractivity contribution >= 4 is 5.97 Å². The lowest BCUT2D eigenvalue weighted by atomic mass is 10.0. The molecule has 0 saturated heterocycles. The van der Waals surface area contributed by atoms with Crippen molar-refractivity contribution in [3.05, 3.63) is 28.8 Å². The molecule has 1 aromatic rings. The van der Waals surface area contributed by atoms with Crippen molar-refractivity contribution in [2.45, 2.75) is 19.9 Å². The maximum atomic E-state index is 12.3. The van der Waals surface area contributed by atoms with E-state index in [4.69, 9.17) is 10.4 Å². The molecular weight excluding hydrogens is 279 g/mol. The molecule has 108 valence electrons. The number of aliphatic hydroxyl groups is 1. The Labute approximate surface area is 112 Å². The van der Waals surface area contributed by atoms with Crippen LogP contribution in [0.2, 0.25) is 0 Å². The molecule has 1 N–H and O–H groups in total. The summed E-state index contributed by atoms with van der Waals surface area (Å²) in [6.45, 7) is 0.768. The summed E-state index contributed by atoms with van der Waals surface area (Å²) in [4.78, 5) is 11.7. The fraction of sp³-hybridized carbons (Fsp3) is 0.333. The van der Waals surface area contributed by atoms with Gasteiger partial charge in [-0.1, -0.05) is 6.07 Å². The molecule has 0 bridgehead atoms. The molecule has 0 atom stereocenters. The summed E-state index contributed by atoms with van der Waals surface area (Å²) in [5.74, 6) is -1.97. The number of rotatable bonds is 4. The van der Waals surface area contributed by atoms with Crippen molar-refractivity contribution in [3.8, 4) is 11.8 Å². The van der Waals surface area contributed by atoms with Gasteiger partial charge in [-0.3, -0.25) is 0 Å². The first kappa shape index (κ1) is 15.8. The molecule has 5 nitrogen and oxygen atoms in total. The summed E-state index contributed by atoms with van der Waals surface area (Å²) < 4.78 is 45.2. The molecule has 0 spiro atoms. The highest BCUT2D eigenvalue weighted by atomic mass is 19.4. The second-order valence-corrected chi connectivity index (χ2v) is 3.51. The molecule has 0 radical (unpaired) electrons. The summed E-state index contributed by atoms with van der Waals surface area (Å²) in [6, 6.07) is 3.50. The molecule has 1 aromatic carbocycles. The highest BCUT2D eigenvalue weighted by molar-refractivity contribution is 5.95. The van der Waals surface area contributed by atoms with E-state index in [9.17, 15) is 18.0 Å². The van der Waals surface area contributed by atoms with Crippen LogP contribution >= 0.6 is 0 Å². The Morgan fingerprint density at radius 2 is 2.10 bits per heavy atom. The lowest BCUT2D eigenvalue weighted by Gasteiger charge is -2.15. The zero-order chi connectivity index (χ0) is 15.3. The molecule has 20 heavy (non-hydrogen) atoms. The fourth-order valence-corrected chi connectivity index (χ4v) is 1.50. The number of esters is 1. The number of alkyl halides is 3. The highest BCUT2D eigenvalue weighted by Gasteiger charge is 2.34. The van der Waals surface area contributed by atoms with Crippen LogP contribution in [0.1, 0.15) is 28.4 Å². The van der Waals surface area contributed by atoms with Gasteiger partial charge < -0.3 is 14.6 Å². The number of nitriles is 1. The third-order valence-corrected chi connectivity index (χ3v) is 2.24. The van der Waals surface area contributed by atoms with Gasteiger partial charge in [-0.05, 0) is 18.6 Å². The topological polar surface area (TPSA) is 79.6 Å². The average molecular weight is 289 g/mol. The average Bonchev–Trinajstić information content (AvgIpc) is 2.36. The minimum absolute atomic E-state index is 0.00470. The van der Waals surface area contributed by atoms with E-state index in [1.54, 1.807) is 6.07 Å². The largest absolute Gasteiger partial charge is 0.573 e. The molecule has 1 rings (SSSR count). The van der Waals surface area contributed by atoms with Crippen molar-refractivity contribution < 1.29 is 32.5 Å². The SMILES string of the molecule is CCOC(=O)c1c(OC(F)(F)F)ccc(CO)c1C#N. The van der Waals surface area contributed by atoms with Crippen LogP contribution in [0.4, 0.5) is 13.2 Å². The van der Waals surface area contributed by atoms with E-state index in [1.165, 1.54) is 6.92 Å². The molecule has 0 amide bonds. The Morgan fingerprint density at radius 1 is 1.45 bits per heavy atom. The zero-order valence-electron chi connectivity index (χ0n) is 10.3. The minimum Gasteiger partial charge on any atom is -0.462 e. The van der Waals surface area contributed by atoms with Crippen LogP contribution in [-0.4, -0.2) is 24.0 Å². The van der Waals surface area contributed by atoms with Gasteiger partial charge >= 0.3 is 12.3 Å². The van der Waals surface area contributed by atoms with Gasteiger partial charge in [0.25, 0.3) is 0 Å². The van der Waals surface area contributed by atoms with Crippen molar-refractivity contribution in [1.29, 1.82) is 5.26 Å². The monoisotopic (exact) mass is 289 g/mol. The van der Waals surface area contributed by atoms with Crippen molar-refractivity contribution in [1.82, 2.24) is 0 Å². The van der Waals surface area contributed by atoms with E-state index in [1.807, 2.05) is 0 Å². The number of hydrogen-bond acceptors (Lipinski definition) is 5. The summed E-state index contributed by atoms with van der Waals surface area (Å²) >= 11 is 0. The zero-order valence-corrected chi connectivity index (χ0v) is 10.3. The number of halogens is 3. The second kappa shape index (κ2) is 6.25. The minimum atomic E-state index is -5.02. The van der Waals surface area contributed by atoms with E-state index < -0.39 is 35.8 Å². The number of carbonyl (C=O) groups excluding carboxylic acids is 1. The first-order valence-electron chi connectivity index (χ1n) is 5.43. The summed E-state index contributed by atoms with van der Waals surface area (Å²) in [6.07, 6.45) is -5.02. The number of benzene rings is 1. The standard InChI is InChI=1S/C12H10F3NO4/c1-2-19-11(18)10-8(5-16)7(6-17)3-4-9(10)20-12(13,14)15/h3-4,17H,2,6H2,1H3. The highest BCUT2D eigenvalue weighted by Crippen LogP contribution is 2.31. The maximum Gasteiger partial charge on any atom is 0.573 e. The third-order valence-electron chi connectivity index (χ3n) is 2.24. The van der Waals surface area contributed by atoms with Crippen LogP contribution in [0, 0.1) is 11.3 Å². The molecule has 0 aliphatic carbocycles. The van der Waals surface area contributed by atoms with Gasteiger partial charge in [-0.2, -0.15) is 5.26 Å². The molecular formula is C12H10F3NO4. The third kappa shape index (κ3) is 3.61. The second-order valence-electron chi connectivity index (χ2n) is 3.51. The number of aliphatic hydroxyl groups excluding tert-OH is 1. The van der Waals surface area contributed by atoms with E-state index in [0.29, 0.717) is 0 Å². The molecule has 0 heterocycles. The van der Waals surface area contributed by atoms with Crippen LogP contribution in [-0.2, 0) is 11.3 Å².